The summed E-state index contributed by atoms with van der Waals surface area (Å²) in [6.45, 7) is 6.78. The Balaban J connectivity index is 1.95. The largest absolute Gasteiger partial charge is 0.496 e. The van der Waals surface area contributed by atoms with Crippen molar-refractivity contribution in [3.8, 4) is 5.75 Å². The van der Waals surface area contributed by atoms with E-state index in [1.165, 1.54) is 0 Å². The number of aromatic nitrogens is 3. The molecule has 20 heavy (non-hydrogen) atoms. The van der Waals surface area contributed by atoms with Gasteiger partial charge in [0.1, 0.15) is 5.75 Å². The summed E-state index contributed by atoms with van der Waals surface area (Å²) in [5, 5.41) is 11.7. The van der Waals surface area contributed by atoms with Crippen LogP contribution < -0.4 is 10.1 Å². The minimum absolute atomic E-state index is 0.638. The van der Waals surface area contributed by atoms with Crippen LogP contribution in [0, 0.1) is 5.92 Å². The van der Waals surface area contributed by atoms with Crippen molar-refractivity contribution in [2.45, 2.75) is 26.9 Å². The zero-order valence-corrected chi connectivity index (χ0v) is 12.3. The molecular weight excluding hydrogens is 252 g/mol. The summed E-state index contributed by atoms with van der Waals surface area (Å²) in [7, 11) is 1.68. The summed E-state index contributed by atoms with van der Waals surface area (Å²) in [6, 6.07) is 7.96. The van der Waals surface area contributed by atoms with E-state index in [4.69, 9.17) is 4.74 Å². The lowest BCUT2D eigenvalue weighted by Gasteiger charge is -2.07. The van der Waals surface area contributed by atoms with Gasteiger partial charge in [-0.15, -0.1) is 5.10 Å². The summed E-state index contributed by atoms with van der Waals surface area (Å²) >= 11 is 0. The second-order valence-electron chi connectivity index (χ2n) is 5.24. The van der Waals surface area contributed by atoms with Crippen molar-refractivity contribution in [3.63, 3.8) is 0 Å². The van der Waals surface area contributed by atoms with Crippen LogP contribution in [0.2, 0.25) is 0 Å². The number of hydrogen-bond acceptors (Lipinski definition) is 4. The average molecular weight is 274 g/mol. The molecule has 108 valence electrons. The molecule has 1 aromatic carbocycles. The van der Waals surface area contributed by atoms with Gasteiger partial charge in [0, 0.05) is 12.1 Å². The van der Waals surface area contributed by atoms with Gasteiger partial charge in [-0.3, -0.25) is 0 Å². The van der Waals surface area contributed by atoms with E-state index in [0.717, 1.165) is 30.1 Å². The van der Waals surface area contributed by atoms with Gasteiger partial charge in [-0.05, 0) is 18.5 Å². The van der Waals surface area contributed by atoms with E-state index in [1.807, 2.05) is 35.1 Å². The Morgan fingerprint density at radius 2 is 2.10 bits per heavy atom. The van der Waals surface area contributed by atoms with Crippen molar-refractivity contribution in [3.05, 3.63) is 41.7 Å². The van der Waals surface area contributed by atoms with Crippen molar-refractivity contribution in [2.24, 2.45) is 5.92 Å². The van der Waals surface area contributed by atoms with E-state index in [9.17, 15) is 0 Å². The molecule has 0 aliphatic carbocycles. The molecule has 0 aliphatic heterocycles. The van der Waals surface area contributed by atoms with Gasteiger partial charge in [-0.25, -0.2) is 4.68 Å². The third-order valence-corrected chi connectivity index (χ3v) is 2.97. The van der Waals surface area contributed by atoms with E-state index in [-0.39, 0.29) is 0 Å². The van der Waals surface area contributed by atoms with Crippen LogP contribution in [0.5, 0.6) is 5.75 Å². The number of nitrogens with one attached hydrogen (secondary N) is 1. The van der Waals surface area contributed by atoms with E-state index in [2.05, 4.69) is 29.5 Å². The average Bonchev–Trinajstić information content (AvgIpc) is 2.86. The standard InChI is InChI=1S/C15H22N4O/c1-12(2)8-16-9-14-11-19(18-17-14)10-13-6-4-5-7-15(13)20-3/h4-7,11-12,16H,8-10H2,1-3H3. The van der Waals surface area contributed by atoms with Gasteiger partial charge in [0.05, 0.1) is 25.5 Å². The molecular formula is C15H22N4O. The third kappa shape index (κ3) is 4.06. The highest BCUT2D eigenvalue weighted by Gasteiger charge is 2.05. The lowest BCUT2D eigenvalue weighted by atomic mass is 10.2. The molecule has 0 aliphatic rings. The quantitative estimate of drug-likeness (QED) is 0.840. The van der Waals surface area contributed by atoms with Crippen molar-refractivity contribution in [1.82, 2.24) is 20.3 Å². The molecule has 0 spiro atoms. The van der Waals surface area contributed by atoms with Crippen LogP contribution in [0.15, 0.2) is 30.5 Å². The highest BCUT2D eigenvalue weighted by molar-refractivity contribution is 5.33. The van der Waals surface area contributed by atoms with Gasteiger partial charge >= 0.3 is 0 Å². The number of nitrogens with zero attached hydrogens (tertiary/aromatic N) is 3. The fourth-order valence-corrected chi connectivity index (χ4v) is 1.99. The summed E-state index contributed by atoms with van der Waals surface area (Å²) in [5.41, 5.74) is 2.06. The van der Waals surface area contributed by atoms with E-state index in [0.29, 0.717) is 12.5 Å². The molecule has 0 atom stereocenters. The van der Waals surface area contributed by atoms with Crippen LogP contribution in [-0.2, 0) is 13.1 Å². The summed E-state index contributed by atoms with van der Waals surface area (Å²) < 4.78 is 7.18. The molecule has 0 radical (unpaired) electrons. The fraction of sp³-hybridized carbons (Fsp3) is 0.467. The first-order valence-electron chi connectivity index (χ1n) is 6.90. The van der Waals surface area contributed by atoms with Gasteiger partial charge in [0.2, 0.25) is 0 Å². The maximum atomic E-state index is 5.34. The van der Waals surface area contributed by atoms with Crippen LogP contribution >= 0.6 is 0 Å². The minimum Gasteiger partial charge on any atom is -0.496 e. The molecule has 0 saturated carbocycles. The number of ether oxygens (including phenoxy) is 1. The minimum atomic E-state index is 0.638. The molecule has 1 heterocycles. The van der Waals surface area contributed by atoms with E-state index in [1.54, 1.807) is 7.11 Å². The van der Waals surface area contributed by atoms with Crippen LogP contribution in [0.25, 0.3) is 0 Å². The van der Waals surface area contributed by atoms with Gasteiger partial charge in [0.15, 0.2) is 0 Å². The molecule has 0 bridgehead atoms. The van der Waals surface area contributed by atoms with Gasteiger partial charge in [-0.2, -0.15) is 0 Å². The molecule has 5 nitrogen and oxygen atoms in total. The van der Waals surface area contributed by atoms with Crippen molar-refractivity contribution in [2.75, 3.05) is 13.7 Å². The Bertz CT molecular complexity index is 536. The number of rotatable bonds is 7. The zero-order valence-electron chi connectivity index (χ0n) is 12.3. The molecule has 5 heteroatoms. The maximum absolute atomic E-state index is 5.34. The normalized spacial score (nSPS) is 11.0. The van der Waals surface area contributed by atoms with Crippen LogP contribution in [0.1, 0.15) is 25.1 Å². The van der Waals surface area contributed by atoms with E-state index >= 15 is 0 Å². The lowest BCUT2D eigenvalue weighted by Crippen LogP contribution is -2.19. The second-order valence-corrected chi connectivity index (χ2v) is 5.24. The van der Waals surface area contributed by atoms with Crippen LogP contribution in [-0.4, -0.2) is 28.6 Å². The predicted octanol–water partition coefficient (Wildman–Crippen LogP) is 2.08. The molecule has 1 aromatic heterocycles. The second kappa shape index (κ2) is 7.05. The smallest absolute Gasteiger partial charge is 0.123 e. The highest BCUT2D eigenvalue weighted by atomic mass is 16.5. The molecule has 2 aromatic rings. The van der Waals surface area contributed by atoms with Crippen LogP contribution in [0.3, 0.4) is 0 Å². The molecule has 0 unspecified atom stereocenters. The van der Waals surface area contributed by atoms with Crippen molar-refractivity contribution in [1.29, 1.82) is 0 Å². The Morgan fingerprint density at radius 3 is 2.85 bits per heavy atom. The van der Waals surface area contributed by atoms with E-state index < -0.39 is 0 Å². The number of para-hydroxylation sites is 1. The Kier molecular flexibility index (Phi) is 5.12. The first kappa shape index (κ1) is 14.5. The first-order valence-corrected chi connectivity index (χ1v) is 6.90. The lowest BCUT2D eigenvalue weighted by molar-refractivity contribution is 0.407. The number of benzene rings is 1. The molecule has 1 N–H and O–H groups in total. The monoisotopic (exact) mass is 274 g/mol. The number of methoxy groups -OCH3 is 1. The number of hydrogen-bond donors (Lipinski definition) is 1. The summed E-state index contributed by atoms with van der Waals surface area (Å²) in [4.78, 5) is 0. The first-order chi connectivity index (χ1) is 9.69. The molecule has 0 amide bonds. The SMILES string of the molecule is COc1ccccc1Cn1cc(CNCC(C)C)nn1. The van der Waals surface area contributed by atoms with Crippen molar-refractivity contribution >= 4 is 0 Å². The molecule has 0 fully saturated rings. The fourth-order valence-electron chi connectivity index (χ4n) is 1.99. The topological polar surface area (TPSA) is 52.0 Å². The summed E-state index contributed by atoms with van der Waals surface area (Å²) in [5.74, 6) is 1.51. The summed E-state index contributed by atoms with van der Waals surface area (Å²) in [6.07, 6.45) is 1.97. The maximum Gasteiger partial charge on any atom is 0.123 e. The zero-order chi connectivity index (χ0) is 14.4. The van der Waals surface area contributed by atoms with Gasteiger partial charge in [-0.1, -0.05) is 37.3 Å². The highest BCUT2D eigenvalue weighted by Crippen LogP contribution is 2.17. The van der Waals surface area contributed by atoms with Crippen LogP contribution in [0.4, 0.5) is 0 Å². The van der Waals surface area contributed by atoms with Gasteiger partial charge in [0.25, 0.3) is 0 Å². The van der Waals surface area contributed by atoms with Crippen molar-refractivity contribution < 1.29 is 4.74 Å². The predicted molar refractivity (Wildman–Crippen MR) is 78.7 cm³/mol. The third-order valence-electron chi connectivity index (χ3n) is 2.97. The Morgan fingerprint density at radius 1 is 1.30 bits per heavy atom. The van der Waals surface area contributed by atoms with Gasteiger partial charge < -0.3 is 10.1 Å². The Labute approximate surface area is 120 Å². The molecule has 0 saturated heterocycles. The molecule has 2 rings (SSSR count). The Hall–Kier alpha value is -1.88.